The molecule has 8 rings (SSSR count). The van der Waals surface area contributed by atoms with Crippen LogP contribution in [0.5, 0.6) is 11.5 Å². The number of para-hydroxylation sites is 3. The van der Waals surface area contributed by atoms with Gasteiger partial charge in [0.25, 0.3) is 0 Å². The predicted molar refractivity (Wildman–Crippen MR) is 172 cm³/mol. The number of ether oxygens (including phenoxy) is 1. The molecule has 0 saturated heterocycles. The maximum absolute atomic E-state index is 6.41. The Labute approximate surface area is 276 Å². The summed E-state index contributed by atoms with van der Waals surface area (Å²) in [6, 6.07) is 54.5. The molecule has 0 atom stereocenters. The molecule has 0 N–H and O–H groups in total. The van der Waals surface area contributed by atoms with Gasteiger partial charge >= 0.3 is 21.1 Å². The van der Waals surface area contributed by atoms with E-state index < -0.39 is 5.41 Å². The van der Waals surface area contributed by atoms with E-state index in [1.807, 2.05) is 60.9 Å². The van der Waals surface area contributed by atoms with Crippen molar-refractivity contribution in [3.63, 3.8) is 0 Å². The zero-order valence-corrected chi connectivity index (χ0v) is 26.3. The Balaban J connectivity index is 0.00000325. The summed E-state index contributed by atoms with van der Waals surface area (Å²) < 4.78 is 8.17. The molecule has 6 heteroatoms. The van der Waals surface area contributed by atoms with Crippen molar-refractivity contribution in [3.05, 3.63) is 193 Å². The molecule has 45 heavy (non-hydrogen) atoms. The van der Waals surface area contributed by atoms with Gasteiger partial charge in [0.2, 0.25) is 0 Å². The van der Waals surface area contributed by atoms with Crippen LogP contribution in [-0.4, -0.2) is 14.8 Å². The fourth-order valence-corrected chi connectivity index (χ4v) is 6.28. The molecule has 1 aliphatic rings. The molecular weight excluding hydrogens is 736 g/mol. The Morgan fingerprint density at radius 2 is 1.24 bits per heavy atom. The normalized spacial score (nSPS) is 12.8. The van der Waals surface area contributed by atoms with Gasteiger partial charge in [0.15, 0.2) is 0 Å². The largest absolute Gasteiger partial charge is 2.00 e. The summed E-state index contributed by atoms with van der Waals surface area (Å²) >= 11 is 0. The molecule has 0 amide bonds. The van der Waals surface area contributed by atoms with Gasteiger partial charge < -0.3 is 9.64 Å². The summed E-state index contributed by atoms with van der Waals surface area (Å²) in [5, 5.41) is 4.33. The Bertz CT molecular complexity index is 2020. The van der Waals surface area contributed by atoms with Crippen LogP contribution in [-0.2, 0) is 26.5 Å². The summed E-state index contributed by atoms with van der Waals surface area (Å²) in [6.45, 7) is 0. The molecular formula is C39H26N4OPt. The van der Waals surface area contributed by atoms with Crippen molar-refractivity contribution in [3.8, 4) is 17.2 Å². The van der Waals surface area contributed by atoms with Crippen LogP contribution in [0, 0.1) is 12.1 Å². The minimum absolute atomic E-state index is 0. The summed E-state index contributed by atoms with van der Waals surface area (Å²) in [5.41, 5.74) is 7.37. The first kappa shape index (κ1) is 28.5. The predicted octanol–water partition coefficient (Wildman–Crippen LogP) is 8.82. The van der Waals surface area contributed by atoms with Crippen LogP contribution >= 0.6 is 0 Å². The Kier molecular flexibility index (Phi) is 7.62. The first-order valence-electron chi connectivity index (χ1n) is 14.5. The van der Waals surface area contributed by atoms with Crippen molar-refractivity contribution in [1.29, 1.82) is 0 Å². The third kappa shape index (κ3) is 4.86. The summed E-state index contributed by atoms with van der Waals surface area (Å²) in [6.07, 6.45) is 5.49. The van der Waals surface area contributed by atoms with Crippen molar-refractivity contribution >= 4 is 17.1 Å². The Hall–Kier alpha value is -5.25. The summed E-state index contributed by atoms with van der Waals surface area (Å²) in [4.78, 5) is 7.34. The smallest absolute Gasteiger partial charge is 0.509 e. The zero-order valence-electron chi connectivity index (χ0n) is 24.0. The van der Waals surface area contributed by atoms with Crippen molar-refractivity contribution in [2.75, 3.05) is 4.90 Å². The Morgan fingerprint density at radius 3 is 1.93 bits per heavy atom. The average Bonchev–Trinajstić information content (AvgIpc) is 3.64. The number of fused-ring (bicyclic) bond motifs is 2. The minimum atomic E-state index is -0.764. The van der Waals surface area contributed by atoms with E-state index in [9.17, 15) is 0 Å². The number of benzene rings is 5. The van der Waals surface area contributed by atoms with Gasteiger partial charge in [0.1, 0.15) is 0 Å². The molecule has 3 heterocycles. The van der Waals surface area contributed by atoms with E-state index in [0.29, 0.717) is 11.5 Å². The molecule has 0 spiro atoms. The van der Waals surface area contributed by atoms with Crippen molar-refractivity contribution in [1.82, 2.24) is 14.8 Å². The van der Waals surface area contributed by atoms with Gasteiger partial charge in [-0.05, 0) is 59.3 Å². The molecule has 0 saturated carbocycles. The molecule has 7 aromatic rings. The molecule has 0 bridgehead atoms. The molecule has 5 nitrogen and oxygen atoms in total. The van der Waals surface area contributed by atoms with E-state index in [1.54, 1.807) is 10.9 Å². The van der Waals surface area contributed by atoms with E-state index >= 15 is 0 Å². The number of anilines is 3. The second kappa shape index (κ2) is 12.0. The van der Waals surface area contributed by atoms with Gasteiger partial charge in [-0.1, -0.05) is 60.7 Å². The number of aromatic nitrogens is 3. The van der Waals surface area contributed by atoms with Gasteiger partial charge in [-0.3, -0.25) is 9.67 Å². The molecule has 218 valence electrons. The molecule has 0 unspecified atom stereocenters. The summed E-state index contributed by atoms with van der Waals surface area (Å²) in [7, 11) is 0. The number of pyridine rings is 1. The SMILES string of the molecule is [Pt+2].[c-]1c(Oc2[c-]c(C3(c4ccccn4)c4ccccc4N(c4ccccc4)c4ccccc43)ccc2)cccc1-n1cccn1. The molecule has 1 aliphatic heterocycles. The number of nitrogens with zero attached hydrogens (tertiary/aromatic N) is 4. The first-order chi connectivity index (χ1) is 21.8. The minimum Gasteiger partial charge on any atom is -0.509 e. The van der Waals surface area contributed by atoms with Crippen LogP contribution < -0.4 is 9.64 Å². The van der Waals surface area contributed by atoms with E-state index in [2.05, 4.69) is 113 Å². The second-order valence-electron chi connectivity index (χ2n) is 10.6. The van der Waals surface area contributed by atoms with Crippen LogP contribution in [0.2, 0.25) is 0 Å². The van der Waals surface area contributed by atoms with Gasteiger partial charge in [0.05, 0.1) is 22.5 Å². The van der Waals surface area contributed by atoms with Crippen LogP contribution in [0.15, 0.2) is 158 Å². The number of hydrogen-bond acceptors (Lipinski definition) is 4. The van der Waals surface area contributed by atoms with Crippen LogP contribution in [0.25, 0.3) is 5.69 Å². The monoisotopic (exact) mass is 761 g/mol. The third-order valence-corrected chi connectivity index (χ3v) is 8.06. The molecule has 5 aromatic carbocycles. The maximum atomic E-state index is 6.41. The zero-order chi connectivity index (χ0) is 29.3. The fraction of sp³-hybridized carbons (Fsp3) is 0.0256. The van der Waals surface area contributed by atoms with Crippen LogP contribution in [0.3, 0.4) is 0 Å². The van der Waals surface area contributed by atoms with E-state index in [0.717, 1.165) is 45.1 Å². The Morgan fingerprint density at radius 1 is 0.578 bits per heavy atom. The maximum Gasteiger partial charge on any atom is 2.00 e. The number of hydrogen-bond donors (Lipinski definition) is 0. The first-order valence-corrected chi connectivity index (χ1v) is 14.5. The molecule has 0 aliphatic carbocycles. The van der Waals surface area contributed by atoms with Gasteiger partial charge in [0, 0.05) is 35.8 Å². The van der Waals surface area contributed by atoms with Crippen LogP contribution in [0.1, 0.15) is 22.4 Å². The average molecular weight is 762 g/mol. The number of rotatable bonds is 6. The molecule has 0 radical (unpaired) electrons. The van der Waals surface area contributed by atoms with Gasteiger partial charge in [-0.25, -0.2) is 0 Å². The molecule has 2 aromatic heterocycles. The van der Waals surface area contributed by atoms with Gasteiger partial charge in [-0.2, -0.15) is 23.3 Å². The van der Waals surface area contributed by atoms with E-state index in [1.165, 1.54) is 0 Å². The summed E-state index contributed by atoms with van der Waals surface area (Å²) in [5.74, 6) is 1.17. The topological polar surface area (TPSA) is 43.2 Å². The van der Waals surface area contributed by atoms with E-state index in [4.69, 9.17) is 9.72 Å². The fourth-order valence-electron chi connectivity index (χ4n) is 6.28. The molecule has 0 fully saturated rings. The second-order valence-corrected chi connectivity index (χ2v) is 10.6. The third-order valence-electron chi connectivity index (χ3n) is 8.06. The van der Waals surface area contributed by atoms with Crippen molar-refractivity contribution < 1.29 is 25.8 Å². The van der Waals surface area contributed by atoms with Gasteiger partial charge in [-0.15, -0.1) is 35.9 Å². The standard InChI is InChI=1S/C39H26N4O.Pt/c1-2-14-30(15-3-1)43-36-21-6-4-19-34(36)39(38-23-8-9-24-40-38,35-20-5-7-22-37(35)43)29-13-10-17-32(27-29)44-33-18-11-16-31(28-33)42-26-12-25-41-42;/h1-26H;/q-2;+2. The van der Waals surface area contributed by atoms with Crippen molar-refractivity contribution in [2.24, 2.45) is 0 Å². The van der Waals surface area contributed by atoms with E-state index in [-0.39, 0.29) is 21.1 Å². The van der Waals surface area contributed by atoms with Crippen LogP contribution in [0.4, 0.5) is 17.1 Å². The quantitative estimate of drug-likeness (QED) is 0.159. The van der Waals surface area contributed by atoms with Crippen molar-refractivity contribution in [2.45, 2.75) is 5.41 Å².